The summed E-state index contributed by atoms with van der Waals surface area (Å²) in [7, 11) is 0. The molecule has 1 amide bonds. The first-order valence-corrected chi connectivity index (χ1v) is 11.7. The second-order valence-corrected chi connectivity index (χ2v) is 9.86. The van der Waals surface area contributed by atoms with Gasteiger partial charge in [-0.15, -0.1) is 0 Å². The molecule has 1 aliphatic carbocycles. The molecule has 0 radical (unpaired) electrons. The molecule has 1 aromatic heterocycles. The molecule has 1 heterocycles. The highest BCUT2D eigenvalue weighted by Crippen LogP contribution is 2.26. The fourth-order valence-electron chi connectivity index (χ4n) is 4.28. The lowest BCUT2D eigenvalue weighted by molar-refractivity contribution is -0.122. The van der Waals surface area contributed by atoms with Gasteiger partial charge in [0.15, 0.2) is 11.6 Å². The Kier molecular flexibility index (Phi) is 6.65. The maximum Gasteiger partial charge on any atom is 0.419 e. The maximum absolute atomic E-state index is 12.9. The Labute approximate surface area is 209 Å². The van der Waals surface area contributed by atoms with Crippen LogP contribution in [0.3, 0.4) is 0 Å². The molecule has 0 saturated carbocycles. The van der Waals surface area contributed by atoms with E-state index in [2.05, 4.69) is 5.32 Å². The van der Waals surface area contributed by atoms with Gasteiger partial charge in [-0.3, -0.25) is 19.0 Å². The number of hydrogen-bond acceptors (Lipinski definition) is 6. The average molecular weight is 488 g/mol. The first-order valence-electron chi connectivity index (χ1n) is 11.7. The van der Waals surface area contributed by atoms with E-state index < -0.39 is 23.6 Å². The monoisotopic (exact) mass is 487 g/mol. The lowest BCUT2D eigenvalue weighted by atomic mass is 9.84. The smallest absolute Gasteiger partial charge is 0.419 e. The molecule has 0 bridgehead atoms. The van der Waals surface area contributed by atoms with Gasteiger partial charge in [-0.05, 0) is 45.7 Å². The van der Waals surface area contributed by atoms with Crippen molar-refractivity contribution in [2.75, 3.05) is 6.54 Å². The number of allylic oxidation sites excluding steroid dienone is 1. The van der Waals surface area contributed by atoms with E-state index in [1.54, 1.807) is 64.2 Å². The van der Waals surface area contributed by atoms with E-state index in [-0.39, 0.29) is 30.1 Å². The Bertz CT molecular complexity index is 1420. The van der Waals surface area contributed by atoms with Crippen LogP contribution >= 0.6 is 0 Å². The maximum atomic E-state index is 12.9. The summed E-state index contributed by atoms with van der Waals surface area (Å²) >= 11 is 0. The highest BCUT2D eigenvalue weighted by Gasteiger charge is 2.30. The molecule has 8 nitrogen and oxygen atoms in total. The molecule has 0 saturated heterocycles. The standard InChI is InChI=1S/C28H29N3O5/c1-16-21(25(33)20-11-6-5-10-19(20)24(16)32)14-30-26(34)22(29)13-17-15-31(27(35)36-28(2,3)4)23-12-8-7-9-18(17)23/h5-12,15,22H,13-14,29H2,1-4H3,(H,30,34)/t22-/m1/s1. The number of amides is 1. The van der Waals surface area contributed by atoms with Crippen LogP contribution in [0.15, 0.2) is 65.9 Å². The van der Waals surface area contributed by atoms with Gasteiger partial charge in [-0.25, -0.2) is 4.79 Å². The summed E-state index contributed by atoms with van der Waals surface area (Å²) in [6.07, 6.45) is 1.28. The molecular formula is C28H29N3O5. The van der Waals surface area contributed by atoms with E-state index in [4.69, 9.17) is 10.5 Å². The van der Waals surface area contributed by atoms with Crippen LogP contribution in [-0.4, -0.2) is 46.3 Å². The predicted molar refractivity (Wildman–Crippen MR) is 136 cm³/mol. The summed E-state index contributed by atoms with van der Waals surface area (Å²) in [5.41, 5.74) is 8.18. The van der Waals surface area contributed by atoms with Crippen LogP contribution in [0, 0.1) is 0 Å². The van der Waals surface area contributed by atoms with Gasteiger partial charge in [-0.2, -0.15) is 0 Å². The number of fused-ring (bicyclic) bond motifs is 2. The summed E-state index contributed by atoms with van der Waals surface area (Å²) in [6, 6.07) is 13.0. The van der Waals surface area contributed by atoms with Crippen molar-refractivity contribution in [1.29, 1.82) is 0 Å². The van der Waals surface area contributed by atoms with Crippen molar-refractivity contribution < 1.29 is 23.9 Å². The number of nitrogens with two attached hydrogens (primary N) is 1. The van der Waals surface area contributed by atoms with E-state index in [1.165, 1.54) is 4.57 Å². The van der Waals surface area contributed by atoms with E-state index in [1.807, 2.05) is 18.2 Å². The molecule has 8 heteroatoms. The molecule has 1 atom stereocenters. The third-order valence-electron chi connectivity index (χ3n) is 6.08. The predicted octanol–water partition coefficient (Wildman–Crippen LogP) is 3.81. The Morgan fingerprint density at radius 2 is 1.61 bits per heavy atom. The number of aromatic nitrogens is 1. The zero-order valence-corrected chi connectivity index (χ0v) is 20.8. The molecule has 36 heavy (non-hydrogen) atoms. The van der Waals surface area contributed by atoms with Gasteiger partial charge in [0, 0.05) is 40.4 Å². The van der Waals surface area contributed by atoms with Crippen LogP contribution < -0.4 is 11.1 Å². The van der Waals surface area contributed by atoms with Gasteiger partial charge in [0.25, 0.3) is 0 Å². The van der Waals surface area contributed by atoms with Crippen molar-refractivity contribution in [3.63, 3.8) is 0 Å². The number of benzene rings is 2. The fourth-order valence-corrected chi connectivity index (χ4v) is 4.28. The Hall–Kier alpha value is -4.04. The fraction of sp³-hybridized carbons (Fsp3) is 0.286. The Morgan fingerprint density at radius 3 is 2.28 bits per heavy atom. The number of para-hydroxylation sites is 1. The summed E-state index contributed by atoms with van der Waals surface area (Å²) in [5.74, 6) is -0.978. The van der Waals surface area contributed by atoms with Gasteiger partial charge < -0.3 is 15.8 Å². The summed E-state index contributed by atoms with van der Waals surface area (Å²) in [4.78, 5) is 51.2. The number of carbonyl (C=O) groups is 4. The highest BCUT2D eigenvalue weighted by atomic mass is 16.6. The van der Waals surface area contributed by atoms with Crippen molar-refractivity contribution in [3.8, 4) is 0 Å². The normalized spacial score (nSPS) is 14.6. The van der Waals surface area contributed by atoms with Crippen molar-refractivity contribution in [1.82, 2.24) is 9.88 Å². The molecule has 0 spiro atoms. The van der Waals surface area contributed by atoms with Crippen molar-refractivity contribution in [2.45, 2.75) is 45.8 Å². The zero-order chi connectivity index (χ0) is 26.2. The third kappa shape index (κ3) is 4.85. The first-order chi connectivity index (χ1) is 17.0. The highest BCUT2D eigenvalue weighted by molar-refractivity contribution is 6.27. The van der Waals surface area contributed by atoms with Gasteiger partial charge in [0.05, 0.1) is 11.6 Å². The average Bonchev–Trinajstić information content (AvgIpc) is 3.20. The molecule has 0 aliphatic heterocycles. The zero-order valence-electron chi connectivity index (χ0n) is 20.8. The number of ether oxygens (including phenoxy) is 1. The van der Waals surface area contributed by atoms with Gasteiger partial charge in [0.2, 0.25) is 5.91 Å². The minimum Gasteiger partial charge on any atom is -0.443 e. The second kappa shape index (κ2) is 9.54. The Balaban J connectivity index is 1.49. The number of Topliss-reactive ketones (excluding diaryl/α,β-unsaturated/α-hetero) is 2. The molecule has 186 valence electrons. The number of ketones is 2. The number of nitrogens with zero attached hydrogens (tertiary/aromatic N) is 1. The molecule has 2 aromatic carbocycles. The third-order valence-corrected chi connectivity index (χ3v) is 6.08. The van der Waals surface area contributed by atoms with E-state index >= 15 is 0 Å². The summed E-state index contributed by atoms with van der Waals surface area (Å²) in [5, 5.41) is 3.49. The number of nitrogens with one attached hydrogen (secondary N) is 1. The summed E-state index contributed by atoms with van der Waals surface area (Å²) in [6.45, 7) is 6.86. The number of carbonyl (C=O) groups excluding carboxylic acids is 4. The largest absolute Gasteiger partial charge is 0.443 e. The van der Waals surface area contributed by atoms with Gasteiger partial charge in [0.1, 0.15) is 5.60 Å². The van der Waals surface area contributed by atoms with Crippen molar-refractivity contribution in [2.24, 2.45) is 5.73 Å². The van der Waals surface area contributed by atoms with Gasteiger partial charge in [-0.1, -0.05) is 42.5 Å². The molecule has 3 N–H and O–H groups in total. The van der Waals surface area contributed by atoms with Crippen LogP contribution in [0.25, 0.3) is 10.9 Å². The van der Waals surface area contributed by atoms with E-state index in [0.29, 0.717) is 27.8 Å². The Morgan fingerprint density at radius 1 is 1.00 bits per heavy atom. The molecule has 0 unspecified atom stereocenters. The summed E-state index contributed by atoms with van der Waals surface area (Å²) < 4.78 is 6.92. The molecule has 4 rings (SSSR count). The van der Waals surface area contributed by atoms with Crippen LogP contribution in [-0.2, 0) is 16.0 Å². The lowest BCUT2D eigenvalue weighted by Gasteiger charge is -2.20. The van der Waals surface area contributed by atoms with Crippen molar-refractivity contribution in [3.05, 3.63) is 82.6 Å². The van der Waals surface area contributed by atoms with Crippen LogP contribution in [0.1, 0.15) is 54.0 Å². The van der Waals surface area contributed by atoms with Crippen molar-refractivity contribution >= 4 is 34.5 Å². The molecule has 3 aromatic rings. The molecule has 1 aliphatic rings. The van der Waals surface area contributed by atoms with Crippen LogP contribution in [0.4, 0.5) is 4.79 Å². The molecule has 0 fully saturated rings. The van der Waals surface area contributed by atoms with Gasteiger partial charge >= 0.3 is 6.09 Å². The molecular weight excluding hydrogens is 458 g/mol. The minimum absolute atomic E-state index is 0.100. The second-order valence-electron chi connectivity index (χ2n) is 9.86. The number of hydrogen-bond donors (Lipinski definition) is 2. The van der Waals surface area contributed by atoms with Crippen LogP contribution in [0.5, 0.6) is 0 Å². The quantitative estimate of drug-likeness (QED) is 0.565. The first kappa shape index (κ1) is 25.1. The van der Waals surface area contributed by atoms with E-state index in [9.17, 15) is 19.2 Å². The van der Waals surface area contributed by atoms with E-state index in [0.717, 1.165) is 5.39 Å². The minimum atomic E-state index is -0.939. The number of rotatable bonds is 5. The van der Waals surface area contributed by atoms with Crippen LogP contribution in [0.2, 0.25) is 0 Å². The topological polar surface area (TPSA) is 120 Å². The SMILES string of the molecule is CC1=C(CNC(=O)[C@H](N)Cc2cn(C(=O)OC(C)(C)C)c3ccccc23)C(=O)c2ccccc2C1=O. The lowest BCUT2D eigenvalue weighted by Crippen LogP contribution is -2.43.